The molecular weight excluding hydrogens is 440 g/mol. The van der Waals surface area contributed by atoms with Crippen molar-refractivity contribution in [2.75, 3.05) is 16.9 Å². The van der Waals surface area contributed by atoms with Gasteiger partial charge >= 0.3 is 12.1 Å². The van der Waals surface area contributed by atoms with Crippen molar-refractivity contribution in [3.63, 3.8) is 0 Å². The zero-order chi connectivity index (χ0) is 23.9. The van der Waals surface area contributed by atoms with Gasteiger partial charge in [-0.05, 0) is 25.1 Å². The summed E-state index contributed by atoms with van der Waals surface area (Å²) in [5.41, 5.74) is 5.58. The van der Waals surface area contributed by atoms with E-state index in [4.69, 9.17) is 11.6 Å². The topological polar surface area (TPSA) is 105 Å². The Labute approximate surface area is 179 Å². The zero-order valence-corrected chi connectivity index (χ0v) is 17.1. The summed E-state index contributed by atoms with van der Waals surface area (Å²) in [4.78, 5) is 12.5. The molecule has 0 spiro atoms. The predicted molar refractivity (Wildman–Crippen MR) is 107 cm³/mol. The van der Waals surface area contributed by atoms with E-state index in [0.717, 1.165) is 12.3 Å². The molecule has 3 rings (SSSR count). The largest absolute Gasteiger partial charge is 0.453 e. The summed E-state index contributed by atoms with van der Waals surface area (Å²) in [6.45, 7) is 2.40. The Hall–Kier alpha value is -3.09. The molecule has 0 aliphatic carbocycles. The number of halogens is 6. The third-order valence-electron chi connectivity index (χ3n) is 5.33. The van der Waals surface area contributed by atoms with Crippen LogP contribution in [0.2, 0.25) is 0 Å². The van der Waals surface area contributed by atoms with Gasteiger partial charge in [0.2, 0.25) is 0 Å². The Bertz CT molecular complexity index is 1030. The predicted octanol–water partition coefficient (Wildman–Crippen LogP) is 3.53. The lowest BCUT2D eigenvalue weighted by molar-refractivity contribution is -0.283. The number of hydrazine groups is 1. The van der Waals surface area contributed by atoms with E-state index in [2.05, 4.69) is 20.3 Å². The van der Waals surface area contributed by atoms with Gasteiger partial charge in [-0.3, -0.25) is 5.01 Å². The highest BCUT2D eigenvalue weighted by molar-refractivity contribution is 6.03. The van der Waals surface area contributed by atoms with Crippen LogP contribution in [0.5, 0.6) is 0 Å². The second-order valence-electron chi connectivity index (χ2n) is 7.60. The van der Waals surface area contributed by atoms with Crippen LogP contribution in [0.1, 0.15) is 37.3 Å². The number of fused-ring (bicyclic) bond motifs is 1. The lowest BCUT2D eigenvalue weighted by Gasteiger charge is -2.38. The van der Waals surface area contributed by atoms with E-state index >= 15 is 0 Å². The van der Waals surface area contributed by atoms with Crippen LogP contribution in [0, 0.1) is 5.82 Å². The SMILES string of the molecule is CC(c1cc(F)cnc1N(N)CCC(F)(F)C(F)(F)F)C1(C)N=C(N)c2cccnc2N1. The van der Waals surface area contributed by atoms with Gasteiger partial charge < -0.3 is 11.1 Å². The van der Waals surface area contributed by atoms with E-state index in [0.29, 0.717) is 16.4 Å². The summed E-state index contributed by atoms with van der Waals surface area (Å²) in [7, 11) is 0. The van der Waals surface area contributed by atoms with Crippen LogP contribution >= 0.6 is 0 Å². The van der Waals surface area contributed by atoms with E-state index in [1.807, 2.05) is 0 Å². The minimum absolute atomic E-state index is 0.133. The molecule has 2 aromatic heterocycles. The van der Waals surface area contributed by atoms with E-state index in [-0.39, 0.29) is 17.2 Å². The van der Waals surface area contributed by atoms with Crippen molar-refractivity contribution in [3.05, 3.63) is 47.5 Å². The molecule has 5 N–H and O–H groups in total. The fraction of sp³-hybridized carbons (Fsp3) is 0.421. The van der Waals surface area contributed by atoms with Gasteiger partial charge in [-0.15, -0.1) is 0 Å². The first kappa shape index (κ1) is 23.6. The first-order chi connectivity index (χ1) is 14.7. The van der Waals surface area contributed by atoms with E-state index in [1.165, 1.54) is 6.20 Å². The molecule has 0 fully saturated rings. The smallest absolute Gasteiger partial charge is 0.383 e. The number of hydrogen-bond donors (Lipinski definition) is 3. The molecule has 13 heteroatoms. The quantitative estimate of drug-likeness (QED) is 0.345. The molecule has 1 aliphatic heterocycles. The van der Waals surface area contributed by atoms with E-state index in [1.54, 1.807) is 26.0 Å². The number of nitrogens with two attached hydrogens (primary N) is 2. The summed E-state index contributed by atoms with van der Waals surface area (Å²) >= 11 is 0. The Balaban J connectivity index is 1.92. The number of rotatable bonds is 6. The van der Waals surface area contributed by atoms with Crippen LogP contribution in [-0.4, -0.2) is 40.1 Å². The van der Waals surface area contributed by atoms with Gasteiger partial charge in [-0.1, -0.05) is 6.92 Å². The molecule has 7 nitrogen and oxygen atoms in total. The Kier molecular flexibility index (Phi) is 5.98. The van der Waals surface area contributed by atoms with Crippen molar-refractivity contribution in [3.8, 4) is 0 Å². The van der Waals surface area contributed by atoms with Crippen LogP contribution in [0.15, 0.2) is 35.6 Å². The van der Waals surface area contributed by atoms with Gasteiger partial charge in [0.1, 0.15) is 29.0 Å². The average molecular weight is 461 g/mol. The Morgan fingerprint density at radius 3 is 2.56 bits per heavy atom. The number of nitrogens with one attached hydrogen (secondary N) is 1. The zero-order valence-electron chi connectivity index (χ0n) is 17.1. The monoisotopic (exact) mass is 461 g/mol. The maximum Gasteiger partial charge on any atom is 0.453 e. The summed E-state index contributed by atoms with van der Waals surface area (Å²) in [5.74, 6) is -0.206. The van der Waals surface area contributed by atoms with Crippen molar-refractivity contribution in [2.45, 2.75) is 43.9 Å². The number of hydrogen-bond acceptors (Lipinski definition) is 7. The lowest BCUT2D eigenvalue weighted by Crippen LogP contribution is -2.46. The summed E-state index contributed by atoms with van der Waals surface area (Å²) in [5, 5.41) is 3.74. The van der Waals surface area contributed by atoms with Gasteiger partial charge in [0.25, 0.3) is 0 Å². The maximum atomic E-state index is 14.0. The van der Waals surface area contributed by atoms with Crippen LogP contribution in [0.4, 0.5) is 38.0 Å². The second-order valence-corrected chi connectivity index (χ2v) is 7.60. The summed E-state index contributed by atoms with van der Waals surface area (Å²) in [6, 6.07) is 4.45. The fourth-order valence-corrected chi connectivity index (χ4v) is 3.31. The minimum Gasteiger partial charge on any atom is -0.383 e. The number of amidine groups is 1. The maximum absolute atomic E-state index is 14.0. The van der Waals surface area contributed by atoms with Crippen molar-refractivity contribution in [2.24, 2.45) is 16.6 Å². The summed E-state index contributed by atoms with van der Waals surface area (Å²) in [6.07, 6.45) is -4.99. The van der Waals surface area contributed by atoms with Gasteiger partial charge in [0.05, 0.1) is 11.8 Å². The van der Waals surface area contributed by atoms with E-state index in [9.17, 15) is 26.3 Å². The van der Waals surface area contributed by atoms with Gasteiger partial charge in [-0.2, -0.15) is 22.0 Å². The fourth-order valence-electron chi connectivity index (χ4n) is 3.31. The van der Waals surface area contributed by atoms with Crippen LogP contribution in [0.3, 0.4) is 0 Å². The second kappa shape index (κ2) is 8.11. The van der Waals surface area contributed by atoms with Crippen molar-refractivity contribution >= 4 is 17.5 Å². The van der Waals surface area contributed by atoms with Gasteiger partial charge in [-0.25, -0.2) is 25.2 Å². The standard InChI is InChI=1S/C19H21F6N7/c1-10(17(2)30-14(26)12-4-3-6-28-15(12)31-17)13-8-11(20)9-29-16(13)32(27)7-5-18(21,22)19(23,24)25/h3-4,6,8-10H,5,7,27H2,1-2H3,(H2,26,30)(H,28,31). The molecule has 2 unspecified atom stereocenters. The van der Waals surface area contributed by atoms with Gasteiger partial charge in [0.15, 0.2) is 0 Å². The molecule has 0 radical (unpaired) electrons. The molecule has 32 heavy (non-hydrogen) atoms. The molecule has 0 bridgehead atoms. The third-order valence-corrected chi connectivity index (χ3v) is 5.33. The molecule has 2 aromatic rings. The molecule has 1 aliphatic rings. The number of anilines is 2. The van der Waals surface area contributed by atoms with Gasteiger partial charge in [0, 0.05) is 30.6 Å². The molecule has 0 amide bonds. The number of pyridine rings is 2. The highest BCUT2D eigenvalue weighted by Crippen LogP contribution is 2.40. The average Bonchev–Trinajstić information content (AvgIpc) is 2.70. The Morgan fingerprint density at radius 2 is 1.91 bits per heavy atom. The third kappa shape index (κ3) is 4.42. The minimum atomic E-state index is -5.72. The molecule has 174 valence electrons. The lowest BCUT2D eigenvalue weighted by atomic mass is 9.87. The first-order valence-corrected chi connectivity index (χ1v) is 9.46. The van der Waals surface area contributed by atoms with Crippen LogP contribution in [0.25, 0.3) is 0 Å². The molecule has 3 heterocycles. The van der Waals surface area contributed by atoms with Crippen LogP contribution in [-0.2, 0) is 0 Å². The first-order valence-electron chi connectivity index (χ1n) is 9.46. The number of aromatic nitrogens is 2. The molecule has 0 aromatic carbocycles. The van der Waals surface area contributed by atoms with E-state index < -0.39 is 42.5 Å². The molecule has 2 atom stereocenters. The molecule has 0 saturated carbocycles. The number of nitrogens with zero attached hydrogens (tertiary/aromatic N) is 4. The number of aliphatic imine (C=N–C) groups is 1. The highest BCUT2D eigenvalue weighted by Gasteiger charge is 2.57. The normalized spacial score (nSPS) is 19.6. The van der Waals surface area contributed by atoms with Crippen LogP contribution < -0.4 is 21.9 Å². The Morgan fingerprint density at radius 1 is 1.22 bits per heavy atom. The molecular formula is C19H21F6N7. The molecule has 0 saturated heterocycles. The van der Waals surface area contributed by atoms with Crippen molar-refractivity contribution in [1.29, 1.82) is 0 Å². The number of alkyl halides is 5. The summed E-state index contributed by atoms with van der Waals surface area (Å²) < 4.78 is 78.1. The van der Waals surface area contributed by atoms with Crippen molar-refractivity contribution < 1.29 is 26.3 Å². The van der Waals surface area contributed by atoms with Crippen molar-refractivity contribution in [1.82, 2.24) is 9.97 Å². The highest BCUT2D eigenvalue weighted by atomic mass is 19.4.